The van der Waals surface area contributed by atoms with Crippen LogP contribution in [-0.4, -0.2) is 37.9 Å². The number of hydrogen-bond donors (Lipinski definition) is 2. The van der Waals surface area contributed by atoms with Crippen LogP contribution in [0.25, 0.3) is 0 Å². The van der Waals surface area contributed by atoms with Crippen LogP contribution >= 0.6 is 0 Å². The van der Waals surface area contributed by atoms with E-state index in [2.05, 4.69) is 10.6 Å². The van der Waals surface area contributed by atoms with Gasteiger partial charge in [-0.15, -0.1) is 0 Å². The number of amides is 2. The summed E-state index contributed by atoms with van der Waals surface area (Å²) in [5, 5.41) is 5.74. The number of anilines is 1. The second-order valence-corrected chi connectivity index (χ2v) is 8.34. The Hall–Kier alpha value is -4.04. The molecule has 0 saturated carbocycles. The molecule has 1 unspecified atom stereocenters. The molecular formula is C27H26N2O6. The first-order chi connectivity index (χ1) is 17.2. The van der Waals surface area contributed by atoms with Gasteiger partial charge in [-0.3, -0.25) is 9.59 Å². The molecule has 180 valence electrons. The molecule has 5 rings (SSSR count). The third-order valence-electron chi connectivity index (χ3n) is 5.87. The lowest BCUT2D eigenvalue weighted by atomic mass is 10.1. The number of nitrogens with one attached hydrogen (secondary N) is 2. The minimum absolute atomic E-state index is 0.0931. The van der Waals surface area contributed by atoms with Crippen LogP contribution in [0.4, 0.5) is 5.69 Å². The van der Waals surface area contributed by atoms with Gasteiger partial charge in [-0.05, 0) is 60.9 Å². The van der Waals surface area contributed by atoms with Crippen molar-refractivity contribution in [2.24, 2.45) is 0 Å². The minimum atomic E-state index is -0.330. The van der Waals surface area contributed by atoms with Gasteiger partial charge in [-0.25, -0.2) is 0 Å². The first-order valence-corrected chi connectivity index (χ1v) is 11.6. The summed E-state index contributed by atoms with van der Waals surface area (Å²) in [7, 11) is 0. The molecule has 1 atom stereocenters. The van der Waals surface area contributed by atoms with Crippen molar-refractivity contribution >= 4 is 17.5 Å². The first kappa shape index (κ1) is 22.7. The summed E-state index contributed by atoms with van der Waals surface area (Å²) in [6.45, 7) is 1.72. The van der Waals surface area contributed by atoms with E-state index in [4.69, 9.17) is 18.9 Å². The molecule has 2 N–H and O–H groups in total. The standard InChI is InChI=1S/C27H26N2O6/c30-26(19-5-3-6-20(14-19)33-16-21-7-4-12-32-21)29-23-9-2-1-8-22(23)27(31)28-15-18-10-11-24-25(13-18)35-17-34-24/h1-3,5-6,8-11,13-14,21H,4,7,12,15-17H2,(H,28,31)(H,29,30). The Morgan fingerprint density at radius 3 is 2.71 bits per heavy atom. The number of hydrogen-bond acceptors (Lipinski definition) is 6. The Morgan fingerprint density at radius 2 is 1.83 bits per heavy atom. The van der Waals surface area contributed by atoms with Crippen molar-refractivity contribution in [2.45, 2.75) is 25.5 Å². The Bertz CT molecular complexity index is 1220. The van der Waals surface area contributed by atoms with Crippen molar-refractivity contribution in [2.75, 3.05) is 25.3 Å². The second-order valence-electron chi connectivity index (χ2n) is 8.34. The maximum atomic E-state index is 12.9. The molecule has 0 spiro atoms. The Kier molecular flexibility index (Phi) is 6.81. The number of carbonyl (C=O) groups is 2. The summed E-state index contributed by atoms with van der Waals surface area (Å²) in [6.07, 6.45) is 2.11. The van der Waals surface area contributed by atoms with E-state index in [0.717, 1.165) is 25.0 Å². The fourth-order valence-electron chi connectivity index (χ4n) is 4.01. The van der Waals surface area contributed by atoms with Gasteiger partial charge in [0.15, 0.2) is 11.5 Å². The Morgan fingerprint density at radius 1 is 0.943 bits per heavy atom. The second kappa shape index (κ2) is 10.5. The zero-order valence-corrected chi connectivity index (χ0v) is 19.1. The number of rotatable bonds is 8. The Labute approximate surface area is 203 Å². The summed E-state index contributed by atoms with van der Waals surface area (Å²) in [4.78, 5) is 25.8. The molecule has 0 aliphatic carbocycles. The van der Waals surface area contributed by atoms with Crippen LogP contribution < -0.4 is 24.8 Å². The van der Waals surface area contributed by atoms with E-state index in [9.17, 15) is 9.59 Å². The highest BCUT2D eigenvalue weighted by molar-refractivity contribution is 6.09. The highest BCUT2D eigenvalue weighted by atomic mass is 16.7. The molecule has 8 heteroatoms. The summed E-state index contributed by atoms with van der Waals surface area (Å²) in [5.74, 6) is 1.32. The van der Waals surface area contributed by atoms with Gasteiger partial charge in [0.05, 0.1) is 17.4 Å². The van der Waals surface area contributed by atoms with Crippen molar-refractivity contribution in [3.05, 3.63) is 83.4 Å². The van der Waals surface area contributed by atoms with E-state index >= 15 is 0 Å². The lowest BCUT2D eigenvalue weighted by Crippen LogP contribution is -2.25. The van der Waals surface area contributed by atoms with Crippen molar-refractivity contribution in [3.63, 3.8) is 0 Å². The monoisotopic (exact) mass is 474 g/mol. The zero-order valence-electron chi connectivity index (χ0n) is 19.1. The zero-order chi connectivity index (χ0) is 24.0. The number of ether oxygens (including phenoxy) is 4. The molecular weight excluding hydrogens is 448 g/mol. The predicted molar refractivity (Wildman–Crippen MR) is 129 cm³/mol. The maximum Gasteiger partial charge on any atom is 0.255 e. The topological polar surface area (TPSA) is 95.1 Å². The van der Waals surface area contributed by atoms with Gasteiger partial charge < -0.3 is 29.6 Å². The summed E-state index contributed by atoms with van der Waals surface area (Å²) < 4.78 is 22.1. The highest BCUT2D eigenvalue weighted by Crippen LogP contribution is 2.32. The molecule has 2 aliphatic rings. The summed E-state index contributed by atoms with van der Waals surface area (Å²) in [5.41, 5.74) is 2.10. The molecule has 0 bridgehead atoms. The van der Waals surface area contributed by atoms with Gasteiger partial charge in [0.1, 0.15) is 12.4 Å². The van der Waals surface area contributed by atoms with Gasteiger partial charge >= 0.3 is 0 Å². The minimum Gasteiger partial charge on any atom is -0.491 e. The largest absolute Gasteiger partial charge is 0.491 e. The molecule has 2 aliphatic heterocycles. The average Bonchev–Trinajstić information content (AvgIpc) is 3.58. The van der Waals surface area contributed by atoms with Gasteiger partial charge in [0.2, 0.25) is 6.79 Å². The molecule has 0 aromatic heterocycles. The fraction of sp³-hybridized carbons (Fsp3) is 0.259. The average molecular weight is 475 g/mol. The van der Waals surface area contributed by atoms with Crippen molar-refractivity contribution < 1.29 is 28.5 Å². The molecule has 0 radical (unpaired) electrons. The maximum absolute atomic E-state index is 12.9. The smallest absolute Gasteiger partial charge is 0.255 e. The molecule has 3 aromatic carbocycles. The van der Waals surface area contributed by atoms with Crippen molar-refractivity contribution in [1.29, 1.82) is 0 Å². The molecule has 1 saturated heterocycles. The highest BCUT2D eigenvalue weighted by Gasteiger charge is 2.18. The first-order valence-electron chi connectivity index (χ1n) is 11.6. The third kappa shape index (κ3) is 5.55. The molecule has 3 aromatic rings. The quantitative estimate of drug-likeness (QED) is 0.509. The fourth-order valence-corrected chi connectivity index (χ4v) is 4.01. The van der Waals surface area contributed by atoms with Crippen molar-refractivity contribution in [1.82, 2.24) is 5.32 Å². The Balaban J connectivity index is 1.22. The lowest BCUT2D eigenvalue weighted by Gasteiger charge is -2.13. The van der Waals surface area contributed by atoms with Crippen molar-refractivity contribution in [3.8, 4) is 17.2 Å². The number of fused-ring (bicyclic) bond motifs is 1. The van der Waals surface area contributed by atoms with E-state index in [1.54, 1.807) is 42.5 Å². The molecule has 1 fully saturated rings. The molecule has 2 heterocycles. The molecule has 8 nitrogen and oxygen atoms in total. The van der Waals surface area contributed by atoms with Gasteiger partial charge in [-0.1, -0.05) is 24.3 Å². The lowest BCUT2D eigenvalue weighted by molar-refractivity contribution is 0.0679. The van der Waals surface area contributed by atoms with Crippen LogP contribution in [0.5, 0.6) is 17.2 Å². The van der Waals surface area contributed by atoms with Crippen LogP contribution in [-0.2, 0) is 11.3 Å². The van der Waals surface area contributed by atoms with E-state index in [1.165, 1.54) is 0 Å². The number of para-hydroxylation sites is 1. The number of carbonyl (C=O) groups excluding carboxylic acids is 2. The van der Waals surface area contributed by atoms with Gasteiger partial charge in [-0.2, -0.15) is 0 Å². The summed E-state index contributed by atoms with van der Waals surface area (Å²) in [6, 6.07) is 19.4. The normalized spacial score (nSPS) is 16.1. The van der Waals surface area contributed by atoms with Crippen LogP contribution in [0, 0.1) is 0 Å². The SMILES string of the molecule is O=C(Nc1ccccc1C(=O)NCc1ccc2c(c1)OCO2)c1cccc(OCC2CCCO2)c1. The van der Waals surface area contributed by atoms with Crippen LogP contribution in [0.1, 0.15) is 39.1 Å². The van der Waals surface area contributed by atoms with E-state index in [1.807, 2.05) is 24.3 Å². The molecule has 2 amide bonds. The van der Waals surface area contributed by atoms with Gasteiger partial charge in [0, 0.05) is 18.7 Å². The van der Waals surface area contributed by atoms with Gasteiger partial charge in [0.25, 0.3) is 11.8 Å². The van der Waals surface area contributed by atoms with E-state index < -0.39 is 0 Å². The van der Waals surface area contributed by atoms with E-state index in [0.29, 0.717) is 47.2 Å². The van der Waals surface area contributed by atoms with Crippen LogP contribution in [0.2, 0.25) is 0 Å². The third-order valence-corrected chi connectivity index (χ3v) is 5.87. The molecule has 35 heavy (non-hydrogen) atoms. The van der Waals surface area contributed by atoms with Crippen LogP contribution in [0.3, 0.4) is 0 Å². The summed E-state index contributed by atoms with van der Waals surface area (Å²) >= 11 is 0. The van der Waals surface area contributed by atoms with Crippen LogP contribution in [0.15, 0.2) is 66.7 Å². The van der Waals surface area contributed by atoms with E-state index in [-0.39, 0.29) is 24.7 Å². The number of benzene rings is 3. The predicted octanol–water partition coefficient (Wildman–Crippen LogP) is 4.16.